The van der Waals surface area contributed by atoms with Crippen LogP contribution in [0.3, 0.4) is 0 Å². The van der Waals surface area contributed by atoms with Gasteiger partial charge in [0, 0.05) is 4.47 Å². The second kappa shape index (κ2) is 8.10. The van der Waals surface area contributed by atoms with Crippen LogP contribution in [0, 0.1) is 0 Å². The van der Waals surface area contributed by atoms with Gasteiger partial charge in [-0.1, -0.05) is 34.1 Å². The molecule has 23 heavy (non-hydrogen) atoms. The fraction of sp³-hybridized carbons (Fsp3) is 0.438. The molecule has 1 rings (SSSR count). The second-order valence-electron chi connectivity index (χ2n) is 5.69. The molecule has 1 N–H and O–H groups in total. The number of halogens is 1. The van der Waals surface area contributed by atoms with Gasteiger partial charge < -0.3 is 14.8 Å². The molecule has 0 bridgehead atoms. The Kier molecular flexibility index (Phi) is 6.75. The van der Waals surface area contributed by atoms with Gasteiger partial charge >= 0.3 is 12.1 Å². The van der Waals surface area contributed by atoms with E-state index in [2.05, 4.69) is 21.2 Å². The van der Waals surface area contributed by atoms with Gasteiger partial charge in [0.05, 0.1) is 6.61 Å². The van der Waals surface area contributed by atoms with E-state index in [4.69, 9.17) is 9.47 Å². The van der Waals surface area contributed by atoms with Gasteiger partial charge in [-0.2, -0.15) is 0 Å². The van der Waals surface area contributed by atoms with Crippen molar-refractivity contribution in [1.29, 1.82) is 0 Å². The topological polar surface area (TPSA) is 81.7 Å². The number of alkyl carbamates (subject to hydrolysis) is 1. The van der Waals surface area contributed by atoms with Crippen LogP contribution >= 0.6 is 15.9 Å². The average Bonchev–Trinajstić information content (AvgIpc) is 2.43. The van der Waals surface area contributed by atoms with Gasteiger partial charge in [0.15, 0.2) is 0 Å². The van der Waals surface area contributed by atoms with Gasteiger partial charge in [0.2, 0.25) is 0 Å². The van der Waals surface area contributed by atoms with E-state index in [9.17, 15) is 14.4 Å². The van der Waals surface area contributed by atoms with Crippen molar-refractivity contribution in [1.82, 2.24) is 5.32 Å². The highest BCUT2D eigenvalue weighted by Crippen LogP contribution is 2.25. The number of benzene rings is 1. The Hall–Kier alpha value is -1.89. The van der Waals surface area contributed by atoms with E-state index >= 15 is 0 Å². The van der Waals surface area contributed by atoms with Gasteiger partial charge in [-0.15, -0.1) is 0 Å². The number of esters is 1. The Morgan fingerprint density at radius 1 is 1.22 bits per heavy atom. The van der Waals surface area contributed by atoms with Crippen LogP contribution in [-0.4, -0.2) is 30.1 Å². The molecule has 0 heterocycles. The predicted molar refractivity (Wildman–Crippen MR) is 87.9 cm³/mol. The standard InChI is InChI=1S/C16H20BrNO5/c1-5-22-14(20)13(19)12(10-8-6-7-9-11(10)17)18-15(21)23-16(2,3)4/h6-9,12H,5H2,1-4H3,(H,18,21). The van der Waals surface area contributed by atoms with Crippen LogP contribution in [0.5, 0.6) is 0 Å². The Labute approximate surface area is 143 Å². The lowest BCUT2D eigenvalue weighted by Gasteiger charge is -2.23. The molecular weight excluding hydrogens is 366 g/mol. The summed E-state index contributed by atoms with van der Waals surface area (Å²) in [4.78, 5) is 36.1. The Morgan fingerprint density at radius 2 is 1.83 bits per heavy atom. The number of ether oxygens (including phenoxy) is 2. The van der Waals surface area contributed by atoms with Crippen molar-refractivity contribution < 1.29 is 23.9 Å². The number of amides is 1. The molecule has 1 aromatic rings. The van der Waals surface area contributed by atoms with E-state index < -0.39 is 29.5 Å². The predicted octanol–water partition coefficient (Wildman–Crippen LogP) is 3.15. The van der Waals surface area contributed by atoms with Crippen molar-refractivity contribution in [2.45, 2.75) is 39.3 Å². The maximum absolute atomic E-state index is 12.3. The first-order valence-electron chi connectivity index (χ1n) is 7.10. The summed E-state index contributed by atoms with van der Waals surface area (Å²) in [5.41, 5.74) is -0.286. The number of nitrogens with one attached hydrogen (secondary N) is 1. The van der Waals surface area contributed by atoms with Crippen LogP contribution in [0.1, 0.15) is 39.3 Å². The molecule has 7 heteroatoms. The maximum Gasteiger partial charge on any atom is 0.408 e. The molecule has 0 saturated heterocycles. The van der Waals surface area contributed by atoms with Crippen LogP contribution in [-0.2, 0) is 19.1 Å². The van der Waals surface area contributed by atoms with Gasteiger partial charge in [-0.05, 0) is 39.3 Å². The summed E-state index contributed by atoms with van der Waals surface area (Å²) in [7, 11) is 0. The third kappa shape index (κ3) is 6.02. The van der Waals surface area contributed by atoms with Crippen LogP contribution in [0.4, 0.5) is 4.79 Å². The molecule has 1 atom stereocenters. The van der Waals surface area contributed by atoms with Gasteiger partial charge in [-0.25, -0.2) is 9.59 Å². The smallest absolute Gasteiger partial charge is 0.408 e. The number of Topliss-reactive ketones (excluding diaryl/α,β-unsaturated/α-hetero) is 1. The molecule has 0 fully saturated rings. The zero-order valence-electron chi connectivity index (χ0n) is 13.5. The zero-order chi connectivity index (χ0) is 17.6. The van der Waals surface area contributed by atoms with E-state index in [1.807, 2.05) is 0 Å². The number of carbonyl (C=O) groups excluding carboxylic acids is 3. The zero-order valence-corrected chi connectivity index (χ0v) is 15.1. The third-order valence-electron chi connectivity index (χ3n) is 2.62. The quantitative estimate of drug-likeness (QED) is 0.621. The van der Waals surface area contributed by atoms with Gasteiger partial charge in [-0.3, -0.25) is 4.79 Å². The first-order chi connectivity index (χ1) is 10.7. The highest BCUT2D eigenvalue weighted by Gasteiger charge is 2.32. The van der Waals surface area contributed by atoms with Crippen LogP contribution in [0.15, 0.2) is 28.7 Å². The van der Waals surface area contributed by atoms with E-state index in [1.165, 1.54) is 0 Å². The maximum atomic E-state index is 12.3. The lowest BCUT2D eigenvalue weighted by Crippen LogP contribution is -2.40. The number of ketones is 1. The average molecular weight is 386 g/mol. The molecule has 0 aliphatic carbocycles. The van der Waals surface area contributed by atoms with Crippen molar-refractivity contribution in [2.75, 3.05) is 6.61 Å². The molecule has 126 valence electrons. The largest absolute Gasteiger partial charge is 0.460 e. The van der Waals surface area contributed by atoms with Crippen molar-refractivity contribution in [3.8, 4) is 0 Å². The van der Waals surface area contributed by atoms with E-state index in [1.54, 1.807) is 52.0 Å². The number of hydrogen-bond acceptors (Lipinski definition) is 5. The molecule has 0 aliphatic heterocycles. The van der Waals surface area contributed by atoms with Crippen LogP contribution in [0.25, 0.3) is 0 Å². The Bertz CT molecular complexity index is 594. The summed E-state index contributed by atoms with van der Waals surface area (Å²) in [5, 5.41) is 2.43. The summed E-state index contributed by atoms with van der Waals surface area (Å²) in [6.07, 6.45) is -0.795. The van der Waals surface area contributed by atoms with E-state index in [0.29, 0.717) is 10.0 Å². The minimum absolute atomic E-state index is 0.0691. The first kappa shape index (κ1) is 19.2. The summed E-state index contributed by atoms with van der Waals surface area (Å²) in [5.74, 6) is -1.88. The van der Waals surface area contributed by atoms with Gasteiger partial charge in [0.25, 0.3) is 5.78 Å². The number of hydrogen-bond donors (Lipinski definition) is 1. The SMILES string of the molecule is CCOC(=O)C(=O)C(NC(=O)OC(C)(C)C)c1ccccc1Br. The molecule has 0 radical (unpaired) electrons. The second-order valence-corrected chi connectivity index (χ2v) is 6.54. The van der Waals surface area contributed by atoms with Crippen LogP contribution in [0.2, 0.25) is 0 Å². The Morgan fingerprint density at radius 3 is 2.35 bits per heavy atom. The molecule has 1 aromatic carbocycles. The van der Waals surface area contributed by atoms with E-state index in [0.717, 1.165) is 0 Å². The van der Waals surface area contributed by atoms with Crippen molar-refractivity contribution in [3.05, 3.63) is 34.3 Å². The van der Waals surface area contributed by atoms with Crippen molar-refractivity contribution in [3.63, 3.8) is 0 Å². The summed E-state index contributed by atoms with van der Waals surface area (Å²) in [6, 6.07) is 5.59. The van der Waals surface area contributed by atoms with Crippen molar-refractivity contribution in [2.24, 2.45) is 0 Å². The minimum atomic E-state index is -1.19. The number of rotatable bonds is 5. The van der Waals surface area contributed by atoms with E-state index in [-0.39, 0.29) is 6.61 Å². The highest BCUT2D eigenvalue weighted by atomic mass is 79.9. The fourth-order valence-corrected chi connectivity index (χ4v) is 2.25. The molecule has 0 aromatic heterocycles. The first-order valence-corrected chi connectivity index (χ1v) is 7.90. The lowest BCUT2D eigenvalue weighted by molar-refractivity contribution is -0.154. The van der Waals surface area contributed by atoms with Gasteiger partial charge in [0.1, 0.15) is 11.6 Å². The Balaban J connectivity index is 3.07. The monoisotopic (exact) mass is 385 g/mol. The summed E-state index contributed by atoms with van der Waals surface area (Å²) < 4.78 is 10.5. The molecule has 0 spiro atoms. The minimum Gasteiger partial charge on any atom is -0.460 e. The fourth-order valence-electron chi connectivity index (χ4n) is 1.74. The third-order valence-corrected chi connectivity index (χ3v) is 3.34. The van der Waals surface area contributed by atoms with Crippen LogP contribution < -0.4 is 5.32 Å². The lowest BCUT2D eigenvalue weighted by atomic mass is 10.0. The molecule has 0 saturated carbocycles. The molecule has 1 amide bonds. The molecule has 1 unspecified atom stereocenters. The highest BCUT2D eigenvalue weighted by molar-refractivity contribution is 9.10. The molecule has 6 nitrogen and oxygen atoms in total. The summed E-state index contributed by atoms with van der Waals surface area (Å²) >= 11 is 3.31. The number of carbonyl (C=O) groups is 3. The normalized spacial score (nSPS) is 12.2. The molecule has 0 aliphatic rings. The summed E-state index contributed by atoms with van der Waals surface area (Å²) in [6.45, 7) is 6.77. The van der Waals surface area contributed by atoms with Crippen molar-refractivity contribution >= 4 is 33.8 Å². The molecular formula is C16H20BrNO5.